The van der Waals surface area contributed by atoms with Crippen molar-refractivity contribution in [2.45, 2.75) is 22.5 Å². The smallest absolute Gasteiger partial charge is 0.281 e. The van der Waals surface area contributed by atoms with Crippen LogP contribution in [0.4, 0.5) is 0 Å². The summed E-state index contributed by atoms with van der Waals surface area (Å²) in [7, 11) is -3.60. The van der Waals surface area contributed by atoms with E-state index in [9.17, 15) is 8.42 Å². The van der Waals surface area contributed by atoms with Crippen LogP contribution in [0, 0.1) is 0 Å². The first kappa shape index (κ1) is 10.9. The Balaban J connectivity index is 2.13. The molecule has 0 aromatic carbocycles. The van der Waals surface area contributed by atoms with E-state index in [0.717, 1.165) is 24.6 Å². The van der Waals surface area contributed by atoms with Gasteiger partial charge in [-0.3, -0.25) is 0 Å². The standard InChI is InChI=1S/C6H8Cl2N2O2S2/c7-5-3-13-6(8,9-5)14(11,12)10-4-1-2-4/h3-4,9-10H,1-2H2. The lowest BCUT2D eigenvalue weighted by atomic mass is 10.8. The van der Waals surface area contributed by atoms with Crippen LogP contribution in [0.3, 0.4) is 0 Å². The summed E-state index contributed by atoms with van der Waals surface area (Å²) in [4.78, 5) is 0. The summed E-state index contributed by atoms with van der Waals surface area (Å²) in [6.07, 6.45) is 1.75. The lowest BCUT2D eigenvalue weighted by Gasteiger charge is -2.21. The van der Waals surface area contributed by atoms with Gasteiger partial charge in [-0.15, -0.1) is 0 Å². The summed E-state index contributed by atoms with van der Waals surface area (Å²) in [6.45, 7) is 0. The fourth-order valence-corrected chi connectivity index (χ4v) is 4.11. The minimum absolute atomic E-state index is 0.0393. The van der Waals surface area contributed by atoms with Crippen molar-refractivity contribution in [1.82, 2.24) is 10.0 Å². The van der Waals surface area contributed by atoms with E-state index in [1.54, 1.807) is 0 Å². The number of hydrogen-bond donors (Lipinski definition) is 2. The van der Waals surface area contributed by atoms with E-state index < -0.39 is 13.7 Å². The van der Waals surface area contributed by atoms with Gasteiger partial charge in [-0.2, -0.15) is 0 Å². The summed E-state index contributed by atoms with van der Waals surface area (Å²) in [5, 5.41) is 4.22. The number of alkyl halides is 1. The minimum Gasteiger partial charge on any atom is -0.335 e. The first-order valence-electron chi connectivity index (χ1n) is 3.95. The fourth-order valence-electron chi connectivity index (χ4n) is 0.956. The van der Waals surface area contributed by atoms with Crippen molar-refractivity contribution in [2.24, 2.45) is 0 Å². The van der Waals surface area contributed by atoms with Gasteiger partial charge in [0.25, 0.3) is 13.7 Å². The van der Waals surface area contributed by atoms with Crippen LogP contribution in [-0.4, -0.2) is 18.1 Å². The average Bonchev–Trinajstić information content (AvgIpc) is 2.77. The number of thioether (sulfide) groups is 1. The molecule has 2 N–H and O–H groups in total. The molecule has 1 atom stereocenters. The average molecular weight is 275 g/mol. The molecule has 1 aliphatic heterocycles. The van der Waals surface area contributed by atoms with Gasteiger partial charge in [0, 0.05) is 11.4 Å². The molecule has 0 saturated heterocycles. The number of nitrogens with one attached hydrogen (secondary N) is 2. The first-order chi connectivity index (χ1) is 6.43. The highest BCUT2D eigenvalue weighted by molar-refractivity contribution is 8.17. The van der Waals surface area contributed by atoms with E-state index in [0.29, 0.717) is 0 Å². The number of rotatable bonds is 3. The van der Waals surface area contributed by atoms with E-state index in [2.05, 4.69) is 10.0 Å². The molecular weight excluding hydrogens is 267 g/mol. The molecule has 2 aliphatic rings. The Morgan fingerprint density at radius 3 is 2.71 bits per heavy atom. The second-order valence-electron chi connectivity index (χ2n) is 3.14. The molecule has 1 fully saturated rings. The van der Waals surface area contributed by atoms with Crippen LogP contribution >= 0.6 is 35.0 Å². The van der Waals surface area contributed by atoms with Crippen molar-refractivity contribution >= 4 is 45.0 Å². The molecular formula is C6H8Cl2N2O2S2. The molecule has 0 aromatic rings. The molecule has 1 aliphatic carbocycles. The topological polar surface area (TPSA) is 58.2 Å². The van der Waals surface area contributed by atoms with Gasteiger partial charge in [-0.25, -0.2) is 13.1 Å². The van der Waals surface area contributed by atoms with Crippen LogP contribution in [0.2, 0.25) is 0 Å². The van der Waals surface area contributed by atoms with Crippen molar-refractivity contribution in [2.75, 3.05) is 0 Å². The second kappa shape index (κ2) is 3.45. The molecule has 8 heteroatoms. The normalized spacial score (nSPS) is 32.6. The molecule has 0 aromatic heterocycles. The van der Waals surface area contributed by atoms with E-state index in [4.69, 9.17) is 23.2 Å². The Hall–Kier alpha value is 0.380. The monoisotopic (exact) mass is 274 g/mol. The van der Waals surface area contributed by atoms with Gasteiger partial charge in [-0.1, -0.05) is 35.0 Å². The van der Waals surface area contributed by atoms with Crippen LogP contribution in [0.1, 0.15) is 12.8 Å². The number of sulfonamides is 1. The maximum Gasteiger partial charge on any atom is 0.281 e. The third-order valence-electron chi connectivity index (χ3n) is 1.83. The third-order valence-corrected chi connectivity index (χ3v) is 6.27. The molecule has 0 bridgehead atoms. The zero-order valence-corrected chi connectivity index (χ0v) is 10.1. The SMILES string of the molecule is O=S(=O)(NC1CC1)C1(Cl)NC(Cl)=CS1. The fraction of sp³-hybridized carbons (Fsp3) is 0.667. The quantitative estimate of drug-likeness (QED) is 0.602. The van der Waals surface area contributed by atoms with Gasteiger partial charge in [0.1, 0.15) is 5.16 Å². The van der Waals surface area contributed by atoms with Gasteiger partial charge < -0.3 is 5.32 Å². The Morgan fingerprint density at radius 1 is 1.64 bits per heavy atom. The summed E-state index contributed by atoms with van der Waals surface area (Å²) >= 11 is 12.4. The molecule has 14 heavy (non-hydrogen) atoms. The molecule has 0 spiro atoms. The van der Waals surface area contributed by atoms with Crippen molar-refractivity contribution < 1.29 is 8.42 Å². The van der Waals surface area contributed by atoms with Crippen LogP contribution in [0.15, 0.2) is 10.6 Å². The molecule has 0 amide bonds. The van der Waals surface area contributed by atoms with Crippen LogP contribution in [0.25, 0.3) is 0 Å². The summed E-state index contributed by atoms with van der Waals surface area (Å²) in [5.41, 5.74) is 0. The largest absolute Gasteiger partial charge is 0.335 e. The van der Waals surface area contributed by atoms with E-state index >= 15 is 0 Å². The summed E-state index contributed by atoms with van der Waals surface area (Å²) in [6, 6.07) is 0.0393. The predicted molar refractivity (Wildman–Crippen MR) is 58.3 cm³/mol. The lowest BCUT2D eigenvalue weighted by molar-refractivity contribution is 0.568. The van der Waals surface area contributed by atoms with Gasteiger partial charge in [0.15, 0.2) is 0 Å². The Bertz CT molecular complexity index is 379. The Morgan fingerprint density at radius 2 is 2.29 bits per heavy atom. The second-order valence-corrected chi connectivity index (χ2v) is 7.76. The molecule has 1 heterocycles. The maximum absolute atomic E-state index is 11.7. The molecule has 4 nitrogen and oxygen atoms in total. The molecule has 80 valence electrons. The Kier molecular flexibility index (Phi) is 2.68. The maximum atomic E-state index is 11.7. The first-order valence-corrected chi connectivity index (χ1v) is 7.07. The highest BCUT2D eigenvalue weighted by Gasteiger charge is 2.47. The lowest BCUT2D eigenvalue weighted by Crippen LogP contribution is -2.47. The van der Waals surface area contributed by atoms with E-state index in [1.807, 2.05) is 0 Å². The van der Waals surface area contributed by atoms with Crippen LogP contribution in [0.5, 0.6) is 0 Å². The number of halogens is 2. The molecule has 1 saturated carbocycles. The highest BCUT2D eigenvalue weighted by Crippen LogP contribution is 2.41. The zero-order chi connectivity index (χ0) is 10.4. The zero-order valence-electron chi connectivity index (χ0n) is 6.96. The molecule has 0 radical (unpaired) electrons. The molecule has 2 rings (SSSR count). The van der Waals surface area contributed by atoms with Crippen LogP contribution < -0.4 is 10.0 Å². The van der Waals surface area contributed by atoms with Crippen molar-refractivity contribution in [3.05, 3.63) is 10.6 Å². The van der Waals surface area contributed by atoms with Crippen molar-refractivity contribution in [1.29, 1.82) is 0 Å². The summed E-state index contributed by atoms with van der Waals surface area (Å²) < 4.78 is 24.4. The van der Waals surface area contributed by atoms with E-state index in [1.165, 1.54) is 5.41 Å². The predicted octanol–water partition coefficient (Wildman–Crippen LogP) is 1.29. The molecule has 1 unspecified atom stereocenters. The third kappa shape index (κ3) is 1.99. The van der Waals surface area contributed by atoms with Gasteiger partial charge in [0.2, 0.25) is 0 Å². The van der Waals surface area contributed by atoms with Gasteiger partial charge in [0.05, 0.1) is 0 Å². The summed E-state index contributed by atoms with van der Waals surface area (Å²) in [5.74, 6) is 0. The number of hydrogen-bond acceptors (Lipinski definition) is 4. The van der Waals surface area contributed by atoms with Crippen molar-refractivity contribution in [3.8, 4) is 0 Å². The van der Waals surface area contributed by atoms with Gasteiger partial charge in [-0.05, 0) is 12.8 Å². The van der Waals surface area contributed by atoms with Crippen LogP contribution in [-0.2, 0) is 10.0 Å². The van der Waals surface area contributed by atoms with Crippen molar-refractivity contribution in [3.63, 3.8) is 0 Å². The van der Waals surface area contributed by atoms with E-state index in [-0.39, 0.29) is 11.2 Å². The highest BCUT2D eigenvalue weighted by atomic mass is 35.5. The van der Waals surface area contributed by atoms with Gasteiger partial charge >= 0.3 is 0 Å². The minimum atomic E-state index is -3.60. The Labute approximate surface area is 96.5 Å².